The first-order chi connectivity index (χ1) is 31.3. The topological polar surface area (TPSA) is 16.4 Å². The maximum Gasteiger partial charge on any atom is 0.143 e. The van der Waals surface area contributed by atoms with Crippen molar-refractivity contribution in [1.29, 1.82) is 0 Å². The lowest BCUT2D eigenvalue weighted by atomic mass is 9.82. The van der Waals surface area contributed by atoms with Gasteiger partial charge in [0, 0.05) is 33.0 Å². The SMILES string of the molecule is CC1(C)c2ccccc2-c2ccc(N(c3ccc4c(c3)C(C)(C)c3ccccc3-4)c3cc(-c4ccc(-c5ccccc5)cc4)cc4oc5c6ccccc6c6ccccc6c5c34)cc21. The van der Waals surface area contributed by atoms with E-state index < -0.39 is 0 Å². The molecule has 13 rings (SSSR count). The standard InChI is InChI=1S/C62H45NO/c1-61(2)52-24-14-12-20-46(52)48-32-30-42(36-54(48)61)63(43-31-33-49-47-21-13-15-25-53(47)62(3,4)55(49)37-43)56-34-41(40-28-26-39(27-29-40)38-16-6-5-7-17-38)35-57-59(56)58-50-22-10-8-18-44(50)45-19-9-11-23-51(45)60(58)64-57/h5-37H,1-4H3. The Morgan fingerprint density at radius 2 is 0.797 bits per heavy atom. The number of rotatable bonds is 5. The highest BCUT2D eigenvalue weighted by Crippen LogP contribution is 2.55. The van der Waals surface area contributed by atoms with Crippen molar-refractivity contribution in [2.45, 2.75) is 38.5 Å². The van der Waals surface area contributed by atoms with Gasteiger partial charge in [0.2, 0.25) is 0 Å². The number of nitrogens with zero attached hydrogens (tertiary/aromatic N) is 1. The predicted octanol–water partition coefficient (Wildman–Crippen LogP) is 17.3. The van der Waals surface area contributed by atoms with Gasteiger partial charge in [0.05, 0.1) is 11.1 Å². The lowest BCUT2D eigenvalue weighted by Crippen LogP contribution is -2.18. The summed E-state index contributed by atoms with van der Waals surface area (Å²) in [4.78, 5) is 2.53. The van der Waals surface area contributed by atoms with Crippen molar-refractivity contribution in [3.05, 3.63) is 222 Å². The first kappa shape index (κ1) is 36.9. The van der Waals surface area contributed by atoms with Crippen molar-refractivity contribution < 1.29 is 4.42 Å². The average Bonchev–Trinajstić information content (AvgIpc) is 3.92. The van der Waals surface area contributed by atoms with E-state index in [1.807, 2.05) is 0 Å². The first-order valence-corrected chi connectivity index (χ1v) is 22.5. The average molecular weight is 820 g/mol. The van der Waals surface area contributed by atoms with Crippen LogP contribution in [0.3, 0.4) is 0 Å². The molecule has 2 nitrogen and oxygen atoms in total. The van der Waals surface area contributed by atoms with Gasteiger partial charge < -0.3 is 9.32 Å². The fourth-order valence-electron chi connectivity index (χ4n) is 11.4. The van der Waals surface area contributed by atoms with E-state index in [1.54, 1.807) is 0 Å². The Hall–Kier alpha value is -7.68. The molecule has 0 aliphatic heterocycles. The third-order valence-corrected chi connectivity index (χ3v) is 14.6. The molecule has 304 valence electrons. The maximum atomic E-state index is 7.26. The number of hydrogen-bond acceptors (Lipinski definition) is 2. The molecule has 64 heavy (non-hydrogen) atoms. The lowest BCUT2D eigenvalue weighted by Gasteiger charge is -2.30. The molecule has 0 unspecified atom stereocenters. The summed E-state index contributed by atoms with van der Waals surface area (Å²) < 4.78 is 7.26. The summed E-state index contributed by atoms with van der Waals surface area (Å²) in [6.45, 7) is 9.50. The monoisotopic (exact) mass is 819 g/mol. The summed E-state index contributed by atoms with van der Waals surface area (Å²) in [6, 6.07) is 74.0. The molecule has 0 N–H and O–H groups in total. The lowest BCUT2D eigenvalue weighted by molar-refractivity contribution is 0.660. The van der Waals surface area contributed by atoms with E-state index in [0.717, 1.165) is 55.5 Å². The Morgan fingerprint density at radius 1 is 0.344 bits per heavy atom. The molecule has 1 heterocycles. The smallest absolute Gasteiger partial charge is 0.143 e. The second kappa shape index (κ2) is 13.4. The van der Waals surface area contributed by atoms with E-state index >= 15 is 0 Å². The molecule has 0 amide bonds. The van der Waals surface area contributed by atoms with Crippen LogP contribution in [0.1, 0.15) is 49.9 Å². The summed E-state index contributed by atoms with van der Waals surface area (Å²) in [5.41, 5.74) is 20.0. The molecule has 0 fully saturated rings. The van der Waals surface area contributed by atoms with Crippen molar-refractivity contribution in [2.75, 3.05) is 4.90 Å². The van der Waals surface area contributed by atoms with Crippen LogP contribution in [0.4, 0.5) is 17.1 Å². The Kier molecular flexibility index (Phi) is 7.74. The Bertz CT molecular complexity index is 3610. The van der Waals surface area contributed by atoms with Gasteiger partial charge in [0.25, 0.3) is 0 Å². The van der Waals surface area contributed by atoms with Crippen LogP contribution in [0.5, 0.6) is 0 Å². The normalized spacial score (nSPS) is 14.2. The number of benzene rings is 10. The zero-order valence-corrected chi connectivity index (χ0v) is 36.4. The number of furan rings is 1. The van der Waals surface area contributed by atoms with Gasteiger partial charge >= 0.3 is 0 Å². The van der Waals surface area contributed by atoms with Gasteiger partial charge in [-0.3, -0.25) is 0 Å². The van der Waals surface area contributed by atoms with Crippen molar-refractivity contribution in [3.63, 3.8) is 0 Å². The van der Waals surface area contributed by atoms with Gasteiger partial charge in [-0.15, -0.1) is 0 Å². The minimum absolute atomic E-state index is 0.176. The van der Waals surface area contributed by atoms with Crippen molar-refractivity contribution >= 4 is 60.5 Å². The summed E-state index contributed by atoms with van der Waals surface area (Å²) >= 11 is 0. The van der Waals surface area contributed by atoms with Crippen molar-refractivity contribution in [1.82, 2.24) is 0 Å². The van der Waals surface area contributed by atoms with Crippen molar-refractivity contribution in [2.24, 2.45) is 0 Å². The van der Waals surface area contributed by atoms with Gasteiger partial charge in [-0.05, 0) is 119 Å². The molecule has 11 aromatic rings. The number of hydrogen-bond donors (Lipinski definition) is 0. The molecule has 2 heteroatoms. The number of anilines is 3. The van der Waals surface area contributed by atoms with Crippen LogP contribution in [0.15, 0.2) is 205 Å². The molecule has 10 aromatic carbocycles. The highest BCUT2D eigenvalue weighted by Gasteiger charge is 2.38. The summed E-state index contributed by atoms with van der Waals surface area (Å²) in [6.07, 6.45) is 0. The Morgan fingerprint density at radius 3 is 1.39 bits per heavy atom. The predicted molar refractivity (Wildman–Crippen MR) is 269 cm³/mol. The Balaban J connectivity index is 1.14. The van der Waals surface area contributed by atoms with Crippen molar-refractivity contribution in [3.8, 4) is 44.5 Å². The molecule has 0 radical (unpaired) electrons. The van der Waals surface area contributed by atoms with Crippen LogP contribution < -0.4 is 4.90 Å². The maximum absolute atomic E-state index is 7.26. The van der Waals surface area contributed by atoms with Crippen LogP contribution in [0.2, 0.25) is 0 Å². The minimum Gasteiger partial charge on any atom is -0.455 e. The highest BCUT2D eigenvalue weighted by molar-refractivity contribution is 6.32. The molecule has 0 bridgehead atoms. The molecule has 0 saturated heterocycles. The van der Waals surface area contributed by atoms with Crippen LogP contribution >= 0.6 is 0 Å². The molecule has 0 saturated carbocycles. The largest absolute Gasteiger partial charge is 0.455 e. The van der Waals surface area contributed by atoms with Crippen LogP contribution in [-0.4, -0.2) is 0 Å². The van der Waals surface area contributed by atoms with Gasteiger partial charge in [-0.25, -0.2) is 0 Å². The molecule has 2 aliphatic carbocycles. The third-order valence-electron chi connectivity index (χ3n) is 14.6. The quantitative estimate of drug-likeness (QED) is 0.161. The zero-order valence-electron chi connectivity index (χ0n) is 36.4. The van der Waals surface area contributed by atoms with Gasteiger partial charge in [-0.1, -0.05) is 191 Å². The third kappa shape index (κ3) is 5.20. The van der Waals surface area contributed by atoms with Crippen LogP contribution in [0.25, 0.3) is 88.0 Å². The fraction of sp³-hybridized carbons (Fsp3) is 0.0968. The molecule has 0 atom stereocenters. The minimum atomic E-state index is -0.176. The van der Waals surface area contributed by atoms with E-state index in [2.05, 4.69) is 233 Å². The molecule has 1 aromatic heterocycles. The van der Waals surface area contributed by atoms with Gasteiger partial charge in [0.15, 0.2) is 0 Å². The molecular formula is C62H45NO. The van der Waals surface area contributed by atoms with Gasteiger partial charge in [-0.2, -0.15) is 0 Å². The number of fused-ring (bicyclic) bond motifs is 14. The fourth-order valence-corrected chi connectivity index (χ4v) is 11.4. The molecular weight excluding hydrogens is 775 g/mol. The van der Waals surface area contributed by atoms with Gasteiger partial charge in [0.1, 0.15) is 11.2 Å². The van der Waals surface area contributed by atoms with Crippen LogP contribution in [0, 0.1) is 0 Å². The second-order valence-electron chi connectivity index (χ2n) is 18.8. The zero-order chi connectivity index (χ0) is 42.9. The van der Waals surface area contributed by atoms with E-state index in [9.17, 15) is 0 Å². The first-order valence-electron chi connectivity index (χ1n) is 22.5. The second-order valence-corrected chi connectivity index (χ2v) is 18.8. The van der Waals surface area contributed by atoms with E-state index in [4.69, 9.17) is 4.42 Å². The summed E-state index contributed by atoms with van der Waals surface area (Å²) in [5, 5.41) is 6.96. The summed E-state index contributed by atoms with van der Waals surface area (Å²) in [7, 11) is 0. The molecule has 0 spiro atoms. The highest BCUT2D eigenvalue weighted by atomic mass is 16.3. The van der Waals surface area contributed by atoms with E-state index in [1.165, 1.54) is 71.8 Å². The molecule has 2 aliphatic rings. The van der Waals surface area contributed by atoms with E-state index in [-0.39, 0.29) is 10.8 Å². The van der Waals surface area contributed by atoms with Crippen LogP contribution in [-0.2, 0) is 10.8 Å². The summed E-state index contributed by atoms with van der Waals surface area (Å²) in [5.74, 6) is 0. The van der Waals surface area contributed by atoms with E-state index in [0.29, 0.717) is 0 Å². The Labute approximate surface area is 373 Å².